The molecule has 0 N–H and O–H groups in total. The lowest BCUT2D eigenvalue weighted by Crippen LogP contribution is -2.04. The van der Waals surface area contributed by atoms with Gasteiger partial charge in [-0.05, 0) is 35.6 Å². The molecule has 0 unspecified atom stereocenters. The van der Waals surface area contributed by atoms with Crippen LogP contribution < -0.4 is 4.74 Å². The first-order chi connectivity index (χ1) is 6.99. The van der Waals surface area contributed by atoms with Crippen molar-refractivity contribution in [2.24, 2.45) is 5.92 Å². The smallest absolute Gasteiger partial charge is 0.121 e. The molecule has 83 valence electrons. The van der Waals surface area contributed by atoms with Gasteiger partial charge in [0.2, 0.25) is 0 Å². The summed E-state index contributed by atoms with van der Waals surface area (Å²) in [5.74, 6) is 2.62. The Balaban J connectivity index is 2.79. The van der Waals surface area contributed by atoms with Crippen molar-refractivity contribution >= 4 is 11.6 Å². The third-order valence-electron chi connectivity index (χ3n) is 2.03. The summed E-state index contributed by atoms with van der Waals surface area (Å²) < 4.78 is 5.64. The zero-order valence-electron chi connectivity index (χ0n) is 9.80. The predicted molar refractivity (Wildman–Crippen MR) is 65.5 cm³/mol. The van der Waals surface area contributed by atoms with E-state index in [9.17, 15) is 0 Å². The fourth-order valence-corrected chi connectivity index (χ4v) is 1.42. The summed E-state index contributed by atoms with van der Waals surface area (Å²) in [7, 11) is 0. The third kappa shape index (κ3) is 4.13. The van der Waals surface area contributed by atoms with Gasteiger partial charge in [-0.3, -0.25) is 0 Å². The number of ether oxygens (including phenoxy) is 1. The molecular weight excluding hydrogens is 208 g/mol. The van der Waals surface area contributed by atoms with Gasteiger partial charge in [0.05, 0.1) is 6.61 Å². The molecule has 0 aliphatic rings. The van der Waals surface area contributed by atoms with Crippen molar-refractivity contribution in [2.45, 2.75) is 27.7 Å². The van der Waals surface area contributed by atoms with Crippen LogP contribution in [0, 0.1) is 11.8 Å². The van der Waals surface area contributed by atoms with Gasteiger partial charge in [0, 0.05) is 5.02 Å². The highest BCUT2D eigenvalue weighted by atomic mass is 35.5. The Morgan fingerprint density at radius 1 is 1.27 bits per heavy atom. The van der Waals surface area contributed by atoms with Crippen molar-refractivity contribution < 1.29 is 4.74 Å². The van der Waals surface area contributed by atoms with E-state index in [1.165, 1.54) is 5.92 Å². The highest BCUT2D eigenvalue weighted by Crippen LogP contribution is 2.25. The van der Waals surface area contributed by atoms with Gasteiger partial charge in [-0.25, -0.2) is 0 Å². The van der Waals surface area contributed by atoms with Crippen LogP contribution in [0.25, 0.3) is 0 Å². The molecule has 0 aliphatic heterocycles. The maximum absolute atomic E-state index is 6.02. The Bertz CT molecular complexity index is 318. The molecule has 1 nitrogen and oxygen atoms in total. The highest BCUT2D eigenvalue weighted by molar-refractivity contribution is 6.30. The molecule has 0 fully saturated rings. The minimum Gasteiger partial charge on any atom is -0.493 e. The fraction of sp³-hybridized carbons (Fsp3) is 0.462. The van der Waals surface area contributed by atoms with Crippen LogP contribution in [-0.4, -0.2) is 6.61 Å². The quantitative estimate of drug-likeness (QED) is 0.741. The second kappa shape index (κ2) is 5.41. The summed E-state index contributed by atoms with van der Waals surface area (Å²) in [4.78, 5) is 0. The molecule has 0 saturated heterocycles. The molecule has 1 aromatic carbocycles. The molecule has 0 saturated carbocycles. The van der Waals surface area contributed by atoms with Crippen LogP contribution in [0.5, 0.6) is 5.75 Å². The van der Waals surface area contributed by atoms with Crippen molar-refractivity contribution in [2.75, 3.05) is 6.61 Å². The van der Waals surface area contributed by atoms with Crippen molar-refractivity contribution in [3.63, 3.8) is 0 Å². The molecule has 0 amide bonds. The lowest BCUT2D eigenvalue weighted by Gasteiger charge is -2.12. The maximum Gasteiger partial charge on any atom is 0.121 e. The summed E-state index contributed by atoms with van der Waals surface area (Å²) >= 11 is 6.02. The van der Waals surface area contributed by atoms with Gasteiger partial charge in [-0.1, -0.05) is 39.3 Å². The zero-order chi connectivity index (χ0) is 11.4. The largest absolute Gasteiger partial charge is 0.493 e. The van der Waals surface area contributed by atoms with E-state index < -0.39 is 0 Å². The molecule has 0 aliphatic carbocycles. The molecule has 0 heterocycles. The van der Waals surface area contributed by atoms with Crippen molar-refractivity contribution in [1.82, 2.24) is 0 Å². The van der Waals surface area contributed by atoms with Crippen molar-refractivity contribution in [1.29, 1.82) is 0 Å². The fourth-order valence-electron chi connectivity index (χ4n) is 1.20. The first-order valence-corrected chi connectivity index (χ1v) is 5.60. The van der Waals surface area contributed by atoms with Crippen molar-refractivity contribution in [3.05, 3.63) is 34.7 Å². The first-order valence-electron chi connectivity index (χ1n) is 5.23. The Hall–Kier alpha value is -0.690. The SMILES string of the molecule is C[C](C)c1cc(Cl)cc(OCC(C)C)c1. The molecule has 0 aromatic heterocycles. The monoisotopic (exact) mass is 225 g/mol. The summed E-state index contributed by atoms with van der Waals surface area (Å²) in [5.41, 5.74) is 1.14. The van der Waals surface area contributed by atoms with Crippen LogP contribution in [0.2, 0.25) is 5.02 Å². The minimum atomic E-state index is 0.527. The molecule has 15 heavy (non-hydrogen) atoms. The van der Waals surface area contributed by atoms with E-state index in [1.54, 1.807) is 0 Å². The van der Waals surface area contributed by atoms with Crippen molar-refractivity contribution in [3.8, 4) is 5.75 Å². The lowest BCUT2D eigenvalue weighted by atomic mass is 10.0. The standard InChI is InChI=1S/C13H18ClO/c1-9(2)8-15-13-6-11(10(3)4)5-12(14)7-13/h5-7,9H,8H2,1-4H3. The van der Waals surface area contributed by atoms with E-state index in [4.69, 9.17) is 16.3 Å². The van der Waals surface area contributed by atoms with E-state index in [2.05, 4.69) is 27.7 Å². The molecule has 2 heteroatoms. The van der Waals surface area contributed by atoms with E-state index >= 15 is 0 Å². The van der Waals surface area contributed by atoms with Gasteiger partial charge in [0.15, 0.2) is 0 Å². The summed E-state index contributed by atoms with van der Waals surface area (Å²) in [6, 6.07) is 5.85. The van der Waals surface area contributed by atoms with Crippen LogP contribution in [0.3, 0.4) is 0 Å². The molecule has 0 spiro atoms. The van der Waals surface area contributed by atoms with Gasteiger partial charge in [0.1, 0.15) is 5.75 Å². The molecule has 0 bridgehead atoms. The van der Waals surface area contributed by atoms with Gasteiger partial charge in [-0.15, -0.1) is 0 Å². The van der Waals surface area contributed by atoms with Crippen LogP contribution in [0.4, 0.5) is 0 Å². The minimum absolute atomic E-state index is 0.527. The third-order valence-corrected chi connectivity index (χ3v) is 2.25. The Labute approximate surface area is 97.4 Å². The predicted octanol–water partition coefficient (Wildman–Crippen LogP) is 4.34. The lowest BCUT2D eigenvalue weighted by molar-refractivity contribution is 0.271. The van der Waals surface area contributed by atoms with Crippen LogP contribution in [0.15, 0.2) is 18.2 Å². The molecule has 1 rings (SSSR count). The van der Waals surface area contributed by atoms with Crippen LogP contribution >= 0.6 is 11.6 Å². The first kappa shape index (κ1) is 12.4. The number of rotatable bonds is 4. The number of halogens is 1. The average molecular weight is 226 g/mol. The molecule has 1 aromatic rings. The topological polar surface area (TPSA) is 9.23 Å². The summed E-state index contributed by atoms with van der Waals surface area (Å²) in [6.45, 7) is 9.11. The van der Waals surface area contributed by atoms with Gasteiger partial charge < -0.3 is 4.74 Å². The molecular formula is C13H18ClO. The maximum atomic E-state index is 6.02. The Kier molecular flexibility index (Phi) is 4.46. The summed E-state index contributed by atoms with van der Waals surface area (Å²) in [6.07, 6.45) is 0. The van der Waals surface area contributed by atoms with E-state index in [-0.39, 0.29) is 0 Å². The van der Waals surface area contributed by atoms with E-state index in [0.29, 0.717) is 5.92 Å². The Morgan fingerprint density at radius 2 is 1.93 bits per heavy atom. The number of benzene rings is 1. The van der Waals surface area contributed by atoms with Crippen LogP contribution in [0.1, 0.15) is 33.3 Å². The van der Waals surface area contributed by atoms with Gasteiger partial charge in [0.25, 0.3) is 0 Å². The molecule has 0 atom stereocenters. The zero-order valence-corrected chi connectivity index (χ0v) is 10.6. The second-order valence-corrected chi connectivity index (χ2v) is 4.82. The second-order valence-electron chi connectivity index (χ2n) is 4.38. The number of hydrogen-bond acceptors (Lipinski definition) is 1. The van der Waals surface area contributed by atoms with Gasteiger partial charge in [-0.2, -0.15) is 0 Å². The normalized spacial score (nSPS) is 11.1. The molecule has 1 radical (unpaired) electrons. The van der Waals surface area contributed by atoms with Gasteiger partial charge >= 0.3 is 0 Å². The van der Waals surface area contributed by atoms with E-state index in [0.717, 1.165) is 22.9 Å². The highest BCUT2D eigenvalue weighted by Gasteiger charge is 2.05. The average Bonchev–Trinajstić information content (AvgIpc) is 2.13. The Morgan fingerprint density at radius 3 is 2.47 bits per heavy atom. The van der Waals surface area contributed by atoms with Crippen LogP contribution in [-0.2, 0) is 0 Å². The number of hydrogen-bond donors (Lipinski definition) is 0. The summed E-state index contributed by atoms with van der Waals surface area (Å²) in [5, 5.41) is 0.729. The van der Waals surface area contributed by atoms with E-state index in [1.807, 2.05) is 18.2 Å².